The SMILES string of the molecule is CCCc1nc(N)cc(Sc2cccc(Cl)c2)n1. The summed E-state index contributed by atoms with van der Waals surface area (Å²) in [7, 11) is 0. The highest BCUT2D eigenvalue weighted by molar-refractivity contribution is 7.99. The van der Waals surface area contributed by atoms with Crippen molar-refractivity contribution in [2.45, 2.75) is 29.7 Å². The third-order valence-corrected chi connectivity index (χ3v) is 3.40. The van der Waals surface area contributed by atoms with Crippen molar-refractivity contribution in [1.82, 2.24) is 9.97 Å². The number of benzene rings is 1. The van der Waals surface area contributed by atoms with Crippen LogP contribution in [-0.2, 0) is 6.42 Å². The first-order valence-electron chi connectivity index (χ1n) is 5.74. The van der Waals surface area contributed by atoms with Gasteiger partial charge in [0, 0.05) is 22.4 Å². The molecule has 0 fully saturated rings. The summed E-state index contributed by atoms with van der Waals surface area (Å²) in [5, 5.41) is 1.57. The van der Waals surface area contributed by atoms with Gasteiger partial charge in [-0.05, 0) is 24.6 Å². The van der Waals surface area contributed by atoms with Gasteiger partial charge in [-0.25, -0.2) is 9.97 Å². The summed E-state index contributed by atoms with van der Waals surface area (Å²) in [6.45, 7) is 2.09. The highest BCUT2D eigenvalue weighted by Gasteiger charge is 2.04. The van der Waals surface area contributed by atoms with Crippen molar-refractivity contribution in [1.29, 1.82) is 0 Å². The summed E-state index contributed by atoms with van der Waals surface area (Å²) in [5.74, 6) is 1.31. The minimum Gasteiger partial charge on any atom is -0.384 e. The lowest BCUT2D eigenvalue weighted by Gasteiger charge is -2.05. The van der Waals surface area contributed by atoms with Gasteiger partial charge in [-0.2, -0.15) is 0 Å². The van der Waals surface area contributed by atoms with E-state index in [-0.39, 0.29) is 0 Å². The molecule has 0 atom stereocenters. The van der Waals surface area contributed by atoms with Crippen molar-refractivity contribution >= 4 is 29.2 Å². The average molecular weight is 280 g/mol. The van der Waals surface area contributed by atoms with E-state index in [0.717, 1.165) is 33.6 Å². The summed E-state index contributed by atoms with van der Waals surface area (Å²) in [6, 6.07) is 9.45. The minimum absolute atomic E-state index is 0.512. The van der Waals surface area contributed by atoms with Crippen LogP contribution in [0.4, 0.5) is 5.82 Å². The van der Waals surface area contributed by atoms with Crippen LogP contribution in [0.3, 0.4) is 0 Å². The first-order valence-corrected chi connectivity index (χ1v) is 6.93. The molecule has 0 aliphatic heterocycles. The molecule has 2 rings (SSSR count). The Hall–Kier alpha value is -1.26. The summed E-state index contributed by atoms with van der Waals surface area (Å²) in [5.41, 5.74) is 5.78. The third-order valence-electron chi connectivity index (χ3n) is 2.26. The van der Waals surface area contributed by atoms with Gasteiger partial charge in [-0.1, -0.05) is 36.4 Å². The number of nitrogens with two attached hydrogens (primary N) is 1. The van der Waals surface area contributed by atoms with Gasteiger partial charge < -0.3 is 5.73 Å². The third kappa shape index (κ3) is 3.62. The van der Waals surface area contributed by atoms with Gasteiger partial charge in [0.05, 0.1) is 0 Å². The second-order valence-corrected chi connectivity index (χ2v) is 5.39. The molecule has 0 aliphatic rings. The maximum Gasteiger partial charge on any atom is 0.132 e. The average Bonchev–Trinajstić information content (AvgIpc) is 2.28. The molecule has 0 bridgehead atoms. The van der Waals surface area contributed by atoms with Gasteiger partial charge in [-0.3, -0.25) is 0 Å². The van der Waals surface area contributed by atoms with Gasteiger partial charge in [0.1, 0.15) is 16.7 Å². The normalized spacial score (nSPS) is 10.6. The summed E-state index contributed by atoms with van der Waals surface area (Å²) < 4.78 is 0. The topological polar surface area (TPSA) is 51.8 Å². The number of hydrogen-bond donors (Lipinski definition) is 1. The smallest absolute Gasteiger partial charge is 0.132 e. The van der Waals surface area contributed by atoms with Crippen molar-refractivity contribution in [3.8, 4) is 0 Å². The fourth-order valence-electron chi connectivity index (χ4n) is 1.53. The molecule has 1 heterocycles. The van der Waals surface area contributed by atoms with Gasteiger partial charge in [-0.15, -0.1) is 0 Å². The molecule has 0 unspecified atom stereocenters. The van der Waals surface area contributed by atoms with E-state index >= 15 is 0 Å². The maximum atomic E-state index is 5.95. The predicted molar refractivity (Wildman–Crippen MR) is 76.0 cm³/mol. The molecule has 18 heavy (non-hydrogen) atoms. The molecule has 3 nitrogen and oxygen atoms in total. The number of anilines is 1. The standard InChI is InChI=1S/C13H14ClN3S/c1-2-4-12-16-11(15)8-13(17-12)18-10-6-3-5-9(14)7-10/h3,5-8H,2,4H2,1H3,(H2,15,16,17). The molecule has 0 saturated carbocycles. The number of rotatable bonds is 4. The predicted octanol–water partition coefficient (Wildman–Crippen LogP) is 3.82. The van der Waals surface area contributed by atoms with E-state index in [1.54, 1.807) is 17.8 Å². The molecule has 5 heteroatoms. The Kier molecular flexibility index (Phi) is 4.44. The fraction of sp³-hybridized carbons (Fsp3) is 0.231. The molecule has 2 aromatic rings. The number of hydrogen-bond acceptors (Lipinski definition) is 4. The number of nitrogen functional groups attached to an aromatic ring is 1. The highest BCUT2D eigenvalue weighted by Crippen LogP contribution is 2.28. The van der Waals surface area contributed by atoms with Crippen LogP contribution >= 0.6 is 23.4 Å². The van der Waals surface area contributed by atoms with Crippen molar-refractivity contribution in [3.63, 3.8) is 0 Å². The van der Waals surface area contributed by atoms with Gasteiger partial charge in [0.2, 0.25) is 0 Å². The van der Waals surface area contributed by atoms with Crippen molar-refractivity contribution in [3.05, 3.63) is 41.2 Å². The van der Waals surface area contributed by atoms with E-state index in [1.807, 2.05) is 24.3 Å². The Morgan fingerprint density at radius 2 is 2.11 bits per heavy atom. The molecular weight excluding hydrogens is 266 g/mol. The lowest BCUT2D eigenvalue weighted by Crippen LogP contribution is -2.00. The number of aromatic nitrogens is 2. The Balaban J connectivity index is 2.23. The lowest BCUT2D eigenvalue weighted by molar-refractivity contribution is 0.813. The molecule has 0 radical (unpaired) electrons. The minimum atomic E-state index is 0.512. The van der Waals surface area contributed by atoms with Crippen LogP contribution in [-0.4, -0.2) is 9.97 Å². The summed E-state index contributed by atoms with van der Waals surface area (Å²) in [4.78, 5) is 9.73. The lowest BCUT2D eigenvalue weighted by atomic mass is 10.3. The zero-order chi connectivity index (χ0) is 13.0. The largest absolute Gasteiger partial charge is 0.384 e. The molecule has 0 aliphatic carbocycles. The summed E-state index contributed by atoms with van der Waals surface area (Å²) >= 11 is 7.49. The zero-order valence-electron chi connectivity index (χ0n) is 10.1. The second-order valence-electron chi connectivity index (χ2n) is 3.86. The fourth-order valence-corrected chi connectivity index (χ4v) is 2.69. The van der Waals surface area contributed by atoms with Crippen LogP contribution in [0.15, 0.2) is 40.3 Å². The summed E-state index contributed by atoms with van der Waals surface area (Å²) in [6.07, 6.45) is 1.85. The van der Waals surface area contributed by atoms with E-state index in [2.05, 4.69) is 16.9 Å². The first-order chi connectivity index (χ1) is 8.67. The molecule has 1 aromatic carbocycles. The van der Waals surface area contributed by atoms with Gasteiger partial charge >= 0.3 is 0 Å². The van der Waals surface area contributed by atoms with E-state index in [0.29, 0.717) is 5.82 Å². The monoisotopic (exact) mass is 279 g/mol. The molecular formula is C13H14ClN3S. The molecule has 0 spiro atoms. The van der Waals surface area contributed by atoms with E-state index in [4.69, 9.17) is 17.3 Å². The van der Waals surface area contributed by atoms with Crippen LogP contribution < -0.4 is 5.73 Å². The van der Waals surface area contributed by atoms with Crippen LogP contribution in [0.25, 0.3) is 0 Å². The number of nitrogens with zero attached hydrogens (tertiary/aromatic N) is 2. The quantitative estimate of drug-likeness (QED) is 0.865. The van der Waals surface area contributed by atoms with E-state index in [9.17, 15) is 0 Å². The van der Waals surface area contributed by atoms with Crippen molar-refractivity contribution in [2.75, 3.05) is 5.73 Å². The van der Waals surface area contributed by atoms with E-state index in [1.165, 1.54) is 0 Å². The molecule has 0 saturated heterocycles. The second kappa shape index (κ2) is 6.07. The van der Waals surface area contributed by atoms with Crippen LogP contribution in [0.2, 0.25) is 5.02 Å². The highest BCUT2D eigenvalue weighted by atomic mass is 35.5. The first kappa shape index (κ1) is 13.2. The van der Waals surface area contributed by atoms with Gasteiger partial charge in [0.25, 0.3) is 0 Å². The number of halogens is 1. The Labute approximate surface area is 116 Å². The van der Waals surface area contributed by atoms with Crippen molar-refractivity contribution in [2.24, 2.45) is 0 Å². The molecule has 94 valence electrons. The Morgan fingerprint density at radius 3 is 2.83 bits per heavy atom. The van der Waals surface area contributed by atoms with Crippen LogP contribution in [0.1, 0.15) is 19.2 Å². The van der Waals surface area contributed by atoms with Crippen molar-refractivity contribution < 1.29 is 0 Å². The molecule has 2 N–H and O–H groups in total. The number of aryl methyl sites for hydroxylation is 1. The van der Waals surface area contributed by atoms with Gasteiger partial charge in [0.15, 0.2) is 0 Å². The van der Waals surface area contributed by atoms with E-state index < -0.39 is 0 Å². The molecule has 0 amide bonds. The molecule has 1 aromatic heterocycles. The van der Waals surface area contributed by atoms with Crippen LogP contribution in [0.5, 0.6) is 0 Å². The maximum absolute atomic E-state index is 5.95. The Morgan fingerprint density at radius 1 is 1.28 bits per heavy atom. The zero-order valence-corrected chi connectivity index (χ0v) is 11.6. The van der Waals surface area contributed by atoms with Crippen LogP contribution in [0, 0.1) is 0 Å². The Bertz CT molecular complexity index is 546.